The summed E-state index contributed by atoms with van der Waals surface area (Å²) in [4.78, 5) is 32.9. The zero-order valence-corrected chi connectivity index (χ0v) is 19.1. The molecule has 2 heterocycles. The van der Waals surface area contributed by atoms with Gasteiger partial charge in [0.05, 0.1) is 18.7 Å². The lowest BCUT2D eigenvalue weighted by atomic mass is 10.00. The van der Waals surface area contributed by atoms with Gasteiger partial charge in [-0.1, -0.05) is 42.5 Å². The first kappa shape index (κ1) is 22.1. The number of ether oxygens (including phenoxy) is 1. The third kappa shape index (κ3) is 4.41. The van der Waals surface area contributed by atoms with Gasteiger partial charge in [0, 0.05) is 13.1 Å². The molecule has 0 N–H and O–H groups in total. The van der Waals surface area contributed by atoms with E-state index in [0.717, 1.165) is 42.8 Å². The van der Waals surface area contributed by atoms with Gasteiger partial charge in [0.2, 0.25) is 0 Å². The number of amides is 2. The number of benzene rings is 2. The van der Waals surface area contributed by atoms with Crippen LogP contribution in [-0.4, -0.2) is 66.3 Å². The number of carbonyl (C=O) groups is 2. The average molecular weight is 434 g/mol. The number of imide groups is 1. The Labute approximate surface area is 190 Å². The van der Waals surface area contributed by atoms with E-state index < -0.39 is 0 Å². The summed E-state index contributed by atoms with van der Waals surface area (Å²) in [5, 5.41) is 0. The van der Waals surface area contributed by atoms with Gasteiger partial charge < -0.3 is 14.5 Å². The van der Waals surface area contributed by atoms with Crippen LogP contribution in [0.15, 0.2) is 60.3 Å². The van der Waals surface area contributed by atoms with E-state index >= 15 is 0 Å². The predicted octanol–water partition coefficient (Wildman–Crippen LogP) is 3.39. The molecule has 2 aromatic rings. The standard InChI is InChI=1S/C26H31N3O3/c1-4-32-22-12-10-20(11-13-22)23-24(28(3)21-14-16-27(2)17-15-21)26(31)29(25(23)30)18-19-8-6-5-7-9-19/h5-13,21H,4,14-18H2,1-3H3. The largest absolute Gasteiger partial charge is 0.494 e. The molecule has 0 radical (unpaired) electrons. The Balaban J connectivity index is 1.70. The molecule has 2 amide bonds. The fourth-order valence-corrected chi connectivity index (χ4v) is 4.51. The van der Waals surface area contributed by atoms with Gasteiger partial charge in [-0.2, -0.15) is 0 Å². The molecule has 0 atom stereocenters. The van der Waals surface area contributed by atoms with Gasteiger partial charge in [0.1, 0.15) is 11.4 Å². The summed E-state index contributed by atoms with van der Waals surface area (Å²) >= 11 is 0. The number of hydrogen-bond donors (Lipinski definition) is 0. The number of nitrogens with zero attached hydrogens (tertiary/aromatic N) is 3. The lowest BCUT2D eigenvalue weighted by Gasteiger charge is -2.36. The van der Waals surface area contributed by atoms with Crippen LogP contribution in [0.2, 0.25) is 0 Å². The van der Waals surface area contributed by atoms with E-state index in [-0.39, 0.29) is 24.4 Å². The molecule has 6 heteroatoms. The molecule has 2 aromatic carbocycles. The van der Waals surface area contributed by atoms with Crippen LogP contribution in [0.3, 0.4) is 0 Å². The van der Waals surface area contributed by atoms with Gasteiger partial charge in [-0.15, -0.1) is 0 Å². The van der Waals surface area contributed by atoms with Crippen LogP contribution >= 0.6 is 0 Å². The van der Waals surface area contributed by atoms with Gasteiger partial charge >= 0.3 is 0 Å². The Morgan fingerprint density at radius 1 is 0.969 bits per heavy atom. The van der Waals surface area contributed by atoms with Crippen molar-refractivity contribution in [3.63, 3.8) is 0 Å². The topological polar surface area (TPSA) is 53.1 Å². The fourth-order valence-electron chi connectivity index (χ4n) is 4.51. The molecule has 2 aliphatic rings. The summed E-state index contributed by atoms with van der Waals surface area (Å²) in [7, 11) is 4.07. The lowest BCUT2D eigenvalue weighted by molar-refractivity contribution is -0.138. The first-order valence-electron chi connectivity index (χ1n) is 11.3. The van der Waals surface area contributed by atoms with Gasteiger partial charge in [-0.3, -0.25) is 14.5 Å². The van der Waals surface area contributed by atoms with Crippen molar-refractivity contribution in [1.29, 1.82) is 0 Å². The van der Waals surface area contributed by atoms with E-state index in [1.165, 1.54) is 4.90 Å². The van der Waals surface area contributed by atoms with Crippen molar-refractivity contribution in [3.05, 3.63) is 71.4 Å². The van der Waals surface area contributed by atoms with E-state index in [0.29, 0.717) is 17.9 Å². The predicted molar refractivity (Wildman–Crippen MR) is 125 cm³/mol. The van der Waals surface area contributed by atoms with Crippen molar-refractivity contribution in [1.82, 2.24) is 14.7 Å². The van der Waals surface area contributed by atoms with E-state index in [1.807, 2.05) is 73.5 Å². The van der Waals surface area contributed by atoms with Crippen LogP contribution in [0.5, 0.6) is 5.75 Å². The van der Waals surface area contributed by atoms with E-state index in [9.17, 15) is 9.59 Å². The summed E-state index contributed by atoms with van der Waals surface area (Å²) in [5.41, 5.74) is 2.67. The molecule has 0 spiro atoms. The zero-order chi connectivity index (χ0) is 22.7. The van der Waals surface area contributed by atoms with Crippen molar-refractivity contribution >= 4 is 17.4 Å². The van der Waals surface area contributed by atoms with Crippen LogP contribution in [-0.2, 0) is 16.1 Å². The molecule has 0 saturated carbocycles. The lowest BCUT2D eigenvalue weighted by Crippen LogP contribution is -2.43. The molecule has 2 aliphatic heterocycles. The molecule has 6 nitrogen and oxygen atoms in total. The van der Waals surface area contributed by atoms with Crippen molar-refractivity contribution in [2.75, 3.05) is 33.8 Å². The highest BCUT2D eigenvalue weighted by Crippen LogP contribution is 2.35. The minimum absolute atomic E-state index is 0.218. The smallest absolute Gasteiger partial charge is 0.278 e. The maximum atomic E-state index is 13.6. The number of piperidine rings is 1. The van der Waals surface area contributed by atoms with Crippen LogP contribution < -0.4 is 4.74 Å². The Morgan fingerprint density at radius 2 is 1.62 bits per heavy atom. The Kier molecular flexibility index (Phi) is 6.61. The van der Waals surface area contributed by atoms with Gasteiger partial charge in [-0.25, -0.2) is 0 Å². The second kappa shape index (κ2) is 9.57. The summed E-state index contributed by atoms with van der Waals surface area (Å²) < 4.78 is 5.56. The van der Waals surface area contributed by atoms with Crippen molar-refractivity contribution in [2.24, 2.45) is 0 Å². The summed E-state index contributed by atoms with van der Waals surface area (Å²) in [5.74, 6) is 0.293. The Morgan fingerprint density at radius 3 is 2.25 bits per heavy atom. The number of rotatable bonds is 7. The molecule has 0 aliphatic carbocycles. The van der Waals surface area contributed by atoms with Crippen LogP contribution in [0.25, 0.3) is 5.57 Å². The number of carbonyl (C=O) groups excluding carboxylic acids is 2. The second-order valence-electron chi connectivity index (χ2n) is 8.51. The summed E-state index contributed by atoms with van der Waals surface area (Å²) in [6.07, 6.45) is 1.93. The fraction of sp³-hybridized carbons (Fsp3) is 0.385. The zero-order valence-electron chi connectivity index (χ0n) is 19.1. The third-order valence-electron chi connectivity index (χ3n) is 6.37. The molecule has 1 saturated heterocycles. The molecule has 32 heavy (non-hydrogen) atoms. The molecular formula is C26H31N3O3. The number of likely N-dealkylation sites (tertiary alicyclic amines) is 1. The van der Waals surface area contributed by atoms with E-state index in [4.69, 9.17) is 4.74 Å². The number of likely N-dealkylation sites (N-methyl/N-ethyl adjacent to an activating group) is 1. The highest BCUT2D eigenvalue weighted by molar-refractivity contribution is 6.35. The molecule has 4 rings (SSSR count). The highest BCUT2D eigenvalue weighted by atomic mass is 16.5. The molecular weight excluding hydrogens is 402 g/mol. The second-order valence-corrected chi connectivity index (χ2v) is 8.51. The van der Waals surface area contributed by atoms with Crippen LogP contribution in [0.4, 0.5) is 0 Å². The number of hydrogen-bond acceptors (Lipinski definition) is 5. The van der Waals surface area contributed by atoms with Crippen LogP contribution in [0, 0.1) is 0 Å². The third-order valence-corrected chi connectivity index (χ3v) is 6.37. The average Bonchev–Trinajstić information content (AvgIpc) is 3.05. The van der Waals surface area contributed by atoms with Crippen LogP contribution in [0.1, 0.15) is 30.9 Å². The Hall–Kier alpha value is -3.12. The molecule has 0 bridgehead atoms. The maximum Gasteiger partial charge on any atom is 0.278 e. The maximum absolute atomic E-state index is 13.6. The summed E-state index contributed by atoms with van der Waals surface area (Å²) in [6.45, 7) is 4.75. The SMILES string of the molecule is CCOc1ccc(C2=C(N(C)C3CCN(C)CC3)C(=O)N(Cc3ccccc3)C2=O)cc1. The van der Waals surface area contributed by atoms with Gasteiger partial charge in [0.15, 0.2) is 0 Å². The summed E-state index contributed by atoms with van der Waals surface area (Å²) in [6, 6.07) is 17.4. The van der Waals surface area contributed by atoms with Crippen molar-refractivity contribution < 1.29 is 14.3 Å². The normalized spacial score (nSPS) is 17.9. The first-order chi connectivity index (χ1) is 15.5. The quantitative estimate of drug-likeness (QED) is 0.627. The minimum Gasteiger partial charge on any atom is -0.494 e. The molecule has 168 valence electrons. The first-order valence-corrected chi connectivity index (χ1v) is 11.3. The van der Waals surface area contributed by atoms with Gasteiger partial charge in [0.25, 0.3) is 11.8 Å². The van der Waals surface area contributed by atoms with Crippen molar-refractivity contribution in [2.45, 2.75) is 32.4 Å². The van der Waals surface area contributed by atoms with E-state index in [2.05, 4.69) is 11.9 Å². The van der Waals surface area contributed by atoms with E-state index in [1.54, 1.807) is 0 Å². The minimum atomic E-state index is -0.238. The van der Waals surface area contributed by atoms with Crippen molar-refractivity contribution in [3.8, 4) is 5.75 Å². The molecule has 0 aromatic heterocycles. The molecule has 0 unspecified atom stereocenters. The molecule has 1 fully saturated rings. The van der Waals surface area contributed by atoms with Gasteiger partial charge in [-0.05, 0) is 63.2 Å². The highest BCUT2D eigenvalue weighted by Gasteiger charge is 2.42. The Bertz CT molecular complexity index is 993. The monoisotopic (exact) mass is 433 g/mol.